The van der Waals surface area contributed by atoms with Crippen LogP contribution < -0.4 is 0 Å². The van der Waals surface area contributed by atoms with Gasteiger partial charge in [0.15, 0.2) is 23.3 Å². The van der Waals surface area contributed by atoms with Gasteiger partial charge in [0, 0.05) is 51.3 Å². The molecule has 6 nitrogen and oxygen atoms in total. The monoisotopic (exact) mass is 708 g/mol. The van der Waals surface area contributed by atoms with Gasteiger partial charge in [-0.05, 0) is 77.8 Å². The quantitative estimate of drug-likeness (QED) is 0.156. The van der Waals surface area contributed by atoms with E-state index in [0.717, 1.165) is 79.6 Å². The van der Waals surface area contributed by atoms with E-state index in [0.29, 0.717) is 29.2 Å². The van der Waals surface area contributed by atoms with Crippen LogP contribution in [0.2, 0.25) is 0 Å². The molecule has 11 rings (SSSR count). The molecule has 0 spiro atoms. The van der Waals surface area contributed by atoms with E-state index >= 15 is 0 Å². The Labute approximate surface area is 320 Å². The van der Waals surface area contributed by atoms with Crippen LogP contribution in [0.25, 0.3) is 79.2 Å². The average Bonchev–Trinajstić information content (AvgIpc) is 3.27. The molecule has 0 N–H and O–H groups in total. The topological polar surface area (TPSA) is 77.3 Å². The van der Waals surface area contributed by atoms with Gasteiger partial charge in [-0.2, -0.15) is 0 Å². The molecule has 0 bridgehead atoms. The van der Waals surface area contributed by atoms with Crippen molar-refractivity contribution in [2.75, 3.05) is 0 Å². The van der Waals surface area contributed by atoms with Crippen molar-refractivity contribution < 1.29 is 0 Å². The Morgan fingerprint density at radius 3 is 1.45 bits per heavy atom. The molecule has 2 unspecified atom stereocenters. The van der Waals surface area contributed by atoms with E-state index in [1.165, 1.54) is 18.4 Å². The third-order valence-corrected chi connectivity index (χ3v) is 12.2. The van der Waals surface area contributed by atoms with E-state index in [9.17, 15) is 0 Å². The molecule has 8 aromatic rings. The SMILES string of the molecule is c1ccc(-c2cc(-c3ccccc3)nc(-c3ccc(-c4nc(-c5cccc(-c6cccnc6)c5)nc(-c5cccc(C6C7CC8CC6C87)c5)n4)cc3)n2)cc1. The summed E-state index contributed by atoms with van der Waals surface area (Å²) in [6, 6.07) is 52.2. The smallest absolute Gasteiger partial charge is 0.164 e. The lowest BCUT2D eigenvalue weighted by molar-refractivity contribution is -0.214. The van der Waals surface area contributed by atoms with Gasteiger partial charge in [-0.3, -0.25) is 4.98 Å². The Kier molecular flexibility index (Phi) is 7.54. The summed E-state index contributed by atoms with van der Waals surface area (Å²) in [5, 5.41) is 0. The molecule has 3 heterocycles. The minimum atomic E-state index is 0.622. The predicted octanol–water partition coefficient (Wildman–Crippen LogP) is 11.1. The van der Waals surface area contributed by atoms with E-state index in [2.05, 4.69) is 114 Å². The summed E-state index contributed by atoms with van der Waals surface area (Å²) in [5.74, 6) is 6.97. The highest BCUT2D eigenvalue weighted by atomic mass is 15.0. The molecular formula is C49H36N6. The van der Waals surface area contributed by atoms with Gasteiger partial charge in [-0.15, -0.1) is 0 Å². The van der Waals surface area contributed by atoms with Crippen LogP contribution in [0, 0.1) is 23.7 Å². The molecule has 2 atom stereocenters. The van der Waals surface area contributed by atoms with Crippen LogP contribution in [0.1, 0.15) is 24.3 Å². The lowest BCUT2D eigenvalue weighted by Crippen LogP contribution is -2.65. The largest absolute Gasteiger partial charge is 0.264 e. The Balaban J connectivity index is 0.994. The molecule has 0 aliphatic heterocycles. The molecule has 3 aliphatic carbocycles. The van der Waals surface area contributed by atoms with E-state index in [1.54, 1.807) is 6.20 Å². The molecule has 3 aliphatic rings. The fourth-order valence-electron chi connectivity index (χ4n) is 9.37. The van der Waals surface area contributed by atoms with Gasteiger partial charge in [-0.25, -0.2) is 24.9 Å². The molecule has 6 heteroatoms. The van der Waals surface area contributed by atoms with Crippen LogP contribution >= 0.6 is 0 Å². The predicted molar refractivity (Wildman–Crippen MR) is 217 cm³/mol. The van der Waals surface area contributed by atoms with E-state index in [4.69, 9.17) is 24.9 Å². The van der Waals surface area contributed by atoms with Crippen molar-refractivity contribution in [1.29, 1.82) is 0 Å². The standard InChI is InChI=1S/C49H36N6/c1-3-10-30(11-4-1)42-28-43(31-12-5-2-6-13-31)52-46(51-42)32-19-21-33(22-20-32)47-53-48(36-16-7-14-34(24-36)38-18-9-23-50-29-38)55-49(54-47)37-17-8-15-35(25-37)44-40-26-39-27-41(44)45(39)40/h1-25,28-29,39-41,44-45H,26-27H2. The maximum atomic E-state index is 5.15. The third-order valence-electron chi connectivity index (χ3n) is 12.2. The Morgan fingerprint density at radius 2 is 0.891 bits per heavy atom. The molecule has 55 heavy (non-hydrogen) atoms. The highest BCUT2D eigenvalue weighted by molar-refractivity contribution is 5.75. The number of hydrogen-bond donors (Lipinski definition) is 0. The minimum Gasteiger partial charge on any atom is -0.264 e. The summed E-state index contributed by atoms with van der Waals surface area (Å²) in [7, 11) is 0. The second-order valence-electron chi connectivity index (χ2n) is 15.2. The second kappa shape index (κ2) is 13.0. The second-order valence-corrected chi connectivity index (χ2v) is 15.2. The summed E-state index contributed by atoms with van der Waals surface area (Å²) >= 11 is 0. The number of hydrogen-bond acceptors (Lipinski definition) is 6. The molecule has 0 amide bonds. The summed E-state index contributed by atoms with van der Waals surface area (Å²) in [6.45, 7) is 0. The molecular weight excluding hydrogens is 673 g/mol. The lowest BCUT2D eigenvalue weighted by atomic mass is 9.31. The van der Waals surface area contributed by atoms with Crippen molar-refractivity contribution in [3.63, 3.8) is 0 Å². The van der Waals surface area contributed by atoms with Crippen molar-refractivity contribution >= 4 is 0 Å². The maximum absolute atomic E-state index is 5.15. The first kappa shape index (κ1) is 31.8. The number of nitrogens with zero attached hydrogens (tertiary/aromatic N) is 6. The Hall–Kier alpha value is -6.66. The number of rotatable bonds is 8. The molecule has 3 saturated carbocycles. The summed E-state index contributed by atoms with van der Waals surface area (Å²) in [5.41, 5.74) is 11.1. The van der Waals surface area contributed by atoms with Gasteiger partial charge in [0.25, 0.3) is 0 Å². The highest BCUT2D eigenvalue weighted by Gasteiger charge is 2.67. The fraction of sp³-hybridized carbons (Fsp3) is 0.143. The van der Waals surface area contributed by atoms with Gasteiger partial charge in [-0.1, -0.05) is 127 Å². The van der Waals surface area contributed by atoms with Crippen LogP contribution in [0.3, 0.4) is 0 Å². The molecule has 3 fully saturated rings. The van der Waals surface area contributed by atoms with Crippen molar-refractivity contribution in [2.24, 2.45) is 23.7 Å². The van der Waals surface area contributed by atoms with Gasteiger partial charge < -0.3 is 0 Å². The van der Waals surface area contributed by atoms with Crippen LogP contribution in [0.5, 0.6) is 0 Å². The Morgan fingerprint density at radius 1 is 0.382 bits per heavy atom. The zero-order valence-corrected chi connectivity index (χ0v) is 30.1. The molecule has 262 valence electrons. The van der Waals surface area contributed by atoms with E-state index < -0.39 is 0 Å². The average molecular weight is 709 g/mol. The van der Waals surface area contributed by atoms with Crippen molar-refractivity contribution in [3.8, 4) is 79.2 Å². The summed E-state index contributed by atoms with van der Waals surface area (Å²) < 4.78 is 0. The van der Waals surface area contributed by atoms with Crippen molar-refractivity contribution in [3.05, 3.63) is 170 Å². The van der Waals surface area contributed by atoms with Crippen LogP contribution in [-0.2, 0) is 0 Å². The summed E-state index contributed by atoms with van der Waals surface area (Å²) in [4.78, 5) is 29.8. The number of benzene rings is 5. The third kappa shape index (κ3) is 5.64. The highest BCUT2D eigenvalue weighted by Crippen LogP contribution is 2.75. The van der Waals surface area contributed by atoms with Gasteiger partial charge in [0.1, 0.15) is 0 Å². The zero-order valence-electron chi connectivity index (χ0n) is 30.1. The van der Waals surface area contributed by atoms with Gasteiger partial charge >= 0.3 is 0 Å². The first-order valence-corrected chi connectivity index (χ1v) is 19.2. The molecule has 0 saturated heterocycles. The lowest BCUT2D eigenvalue weighted by Gasteiger charge is -2.73. The first-order valence-electron chi connectivity index (χ1n) is 19.2. The Bertz CT molecular complexity index is 2610. The van der Waals surface area contributed by atoms with E-state index in [1.807, 2.05) is 48.7 Å². The van der Waals surface area contributed by atoms with Crippen molar-refractivity contribution in [2.45, 2.75) is 18.8 Å². The molecule has 5 aromatic carbocycles. The van der Waals surface area contributed by atoms with Gasteiger partial charge in [0.2, 0.25) is 0 Å². The first-order chi connectivity index (χ1) is 27.2. The minimum absolute atomic E-state index is 0.622. The number of aromatic nitrogens is 6. The molecule has 0 radical (unpaired) electrons. The normalized spacial score (nSPS) is 20.4. The maximum Gasteiger partial charge on any atom is 0.164 e. The van der Waals surface area contributed by atoms with Crippen LogP contribution in [0.15, 0.2) is 164 Å². The van der Waals surface area contributed by atoms with E-state index in [-0.39, 0.29) is 0 Å². The van der Waals surface area contributed by atoms with Crippen molar-refractivity contribution in [1.82, 2.24) is 29.9 Å². The summed E-state index contributed by atoms with van der Waals surface area (Å²) in [6.07, 6.45) is 6.47. The fourth-order valence-corrected chi connectivity index (χ4v) is 9.37. The van der Waals surface area contributed by atoms with Crippen LogP contribution in [0.4, 0.5) is 0 Å². The number of pyridine rings is 1. The van der Waals surface area contributed by atoms with Gasteiger partial charge in [0.05, 0.1) is 11.4 Å². The molecule has 3 aromatic heterocycles. The zero-order chi connectivity index (χ0) is 36.3. The van der Waals surface area contributed by atoms with Crippen LogP contribution in [-0.4, -0.2) is 29.9 Å².